The Morgan fingerprint density at radius 1 is 1.38 bits per heavy atom. The highest BCUT2D eigenvalue weighted by Crippen LogP contribution is 2.23. The van der Waals surface area contributed by atoms with Crippen LogP contribution in [0.1, 0.15) is 5.56 Å². The largest absolute Gasteiger partial charge is 0.760 e. The second-order valence-corrected chi connectivity index (χ2v) is 5.34. The van der Waals surface area contributed by atoms with Gasteiger partial charge in [-0.1, -0.05) is 29.8 Å². The minimum Gasteiger partial charge on any atom is -0.760 e. The van der Waals surface area contributed by atoms with Crippen molar-refractivity contribution in [3.8, 4) is 11.4 Å². The molecular weight excluding hydrogens is 314 g/mol. The van der Waals surface area contributed by atoms with E-state index in [2.05, 4.69) is 24.9 Å². The minimum atomic E-state index is -2.30. The van der Waals surface area contributed by atoms with Gasteiger partial charge < -0.3 is 4.55 Å². The summed E-state index contributed by atoms with van der Waals surface area (Å²) in [6.45, 7) is 0.200. The topological polar surface area (TPSA) is 107 Å². The molecule has 1 atom stereocenters. The zero-order valence-electron chi connectivity index (χ0n) is 10.5. The third kappa shape index (κ3) is 3.08. The van der Waals surface area contributed by atoms with Crippen molar-refractivity contribution in [1.82, 2.24) is 24.9 Å². The molecule has 21 heavy (non-hydrogen) atoms. The van der Waals surface area contributed by atoms with Crippen LogP contribution in [-0.4, -0.2) is 28.9 Å². The van der Waals surface area contributed by atoms with Crippen LogP contribution in [0.15, 0.2) is 30.5 Å². The molecule has 0 saturated heterocycles. The monoisotopic (exact) mass is 322 g/mol. The third-order valence-electron chi connectivity index (χ3n) is 2.84. The van der Waals surface area contributed by atoms with E-state index in [0.717, 1.165) is 11.1 Å². The van der Waals surface area contributed by atoms with Gasteiger partial charge in [0.2, 0.25) is 0 Å². The Hall–Kier alpha value is -1.87. The Morgan fingerprint density at radius 3 is 3.05 bits per heavy atom. The molecule has 0 aliphatic rings. The molecule has 0 aliphatic heterocycles. The first-order valence-corrected chi connectivity index (χ1v) is 7.37. The van der Waals surface area contributed by atoms with Crippen molar-refractivity contribution in [2.24, 2.45) is 0 Å². The standard InChI is InChI=1S/C12H10ClN5O2S/c13-11-10-9(6-14-18-10)16-12(17-11)8-3-1-2-7(4-8)5-15-21(19)20/h1-4,6,15H,5H2,(H,14,18)(H,19,20)/p-1. The Kier molecular flexibility index (Phi) is 3.93. The summed E-state index contributed by atoms with van der Waals surface area (Å²) in [5.74, 6) is 0.457. The van der Waals surface area contributed by atoms with Crippen LogP contribution < -0.4 is 4.72 Å². The number of halogens is 1. The molecule has 0 saturated carbocycles. The van der Waals surface area contributed by atoms with Gasteiger partial charge in [0.25, 0.3) is 0 Å². The van der Waals surface area contributed by atoms with Gasteiger partial charge in [0.05, 0.1) is 6.20 Å². The molecule has 2 heterocycles. The number of nitrogens with zero attached hydrogens (tertiary/aromatic N) is 3. The van der Waals surface area contributed by atoms with E-state index in [1.165, 1.54) is 0 Å². The molecule has 0 amide bonds. The van der Waals surface area contributed by atoms with Crippen LogP contribution in [-0.2, 0) is 17.8 Å². The van der Waals surface area contributed by atoms with Crippen molar-refractivity contribution < 1.29 is 8.76 Å². The highest BCUT2D eigenvalue weighted by atomic mass is 35.5. The number of fused-ring (bicyclic) bond motifs is 1. The van der Waals surface area contributed by atoms with Gasteiger partial charge >= 0.3 is 0 Å². The average Bonchev–Trinajstić information content (AvgIpc) is 2.94. The molecule has 1 aromatic carbocycles. The highest BCUT2D eigenvalue weighted by molar-refractivity contribution is 7.77. The molecule has 0 bridgehead atoms. The molecule has 3 aromatic rings. The van der Waals surface area contributed by atoms with E-state index < -0.39 is 11.3 Å². The van der Waals surface area contributed by atoms with Crippen LogP contribution in [0.25, 0.3) is 22.4 Å². The first kappa shape index (κ1) is 14.1. The number of nitrogens with one attached hydrogen (secondary N) is 2. The van der Waals surface area contributed by atoms with Crippen LogP contribution >= 0.6 is 11.6 Å². The van der Waals surface area contributed by atoms with Crippen LogP contribution in [0.3, 0.4) is 0 Å². The van der Waals surface area contributed by atoms with Gasteiger partial charge in [-0.05, 0) is 11.6 Å². The highest BCUT2D eigenvalue weighted by Gasteiger charge is 2.09. The summed E-state index contributed by atoms with van der Waals surface area (Å²) in [6.07, 6.45) is 1.57. The fourth-order valence-corrected chi connectivity index (χ4v) is 2.40. The summed E-state index contributed by atoms with van der Waals surface area (Å²) in [5, 5.41) is 6.89. The van der Waals surface area contributed by atoms with E-state index in [4.69, 9.17) is 11.6 Å². The summed E-state index contributed by atoms with van der Waals surface area (Å²) in [6, 6.07) is 7.24. The fraction of sp³-hybridized carbons (Fsp3) is 0.0833. The quantitative estimate of drug-likeness (QED) is 0.560. The van der Waals surface area contributed by atoms with E-state index in [1.807, 2.05) is 6.07 Å². The first-order valence-electron chi connectivity index (χ1n) is 5.92. The van der Waals surface area contributed by atoms with E-state index >= 15 is 0 Å². The van der Waals surface area contributed by atoms with Crippen LogP contribution in [0, 0.1) is 0 Å². The molecule has 108 valence electrons. The van der Waals surface area contributed by atoms with Gasteiger partial charge in [-0.2, -0.15) is 5.10 Å². The van der Waals surface area contributed by atoms with Gasteiger partial charge in [-0.15, -0.1) is 0 Å². The molecular formula is C12H9ClN5O2S-. The van der Waals surface area contributed by atoms with Crippen molar-refractivity contribution in [3.05, 3.63) is 41.2 Å². The zero-order chi connectivity index (χ0) is 14.8. The first-order chi connectivity index (χ1) is 10.1. The number of rotatable bonds is 4. The molecule has 9 heteroatoms. The lowest BCUT2D eigenvalue weighted by Gasteiger charge is -2.08. The number of benzene rings is 1. The van der Waals surface area contributed by atoms with Gasteiger partial charge in [0, 0.05) is 23.4 Å². The lowest BCUT2D eigenvalue weighted by atomic mass is 10.1. The summed E-state index contributed by atoms with van der Waals surface area (Å²) >= 11 is 3.78. The van der Waals surface area contributed by atoms with E-state index in [0.29, 0.717) is 16.9 Å². The SMILES string of the molecule is O=S([O-])NCc1cccc(-c2nc(Cl)c3[nH]ncc3n2)c1. The lowest BCUT2D eigenvalue weighted by Crippen LogP contribution is -2.15. The molecule has 1 unspecified atom stereocenters. The number of H-pyrrole nitrogens is 1. The molecule has 2 N–H and O–H groups in total. The van der Waals surface area contributed by atoms with Crippen molar-refractivity contribution in [1.29, 1.82) is 0 Å². The van der Waals surface area contributed by atoms with Crippen molar-refractivity contribution in [2.75, 3.05) is 0 Å². The van der Waals surface area contributed by atoms with Crippen molar-refractivity contribution >= 4 is 33.9 Å². The Bertz CT molecular complexity index is 822. The number of aromatic amines is 1. The Labute approximate surface area is 127 Å². The van der Waals surface area contributed by atoms with Gasteiger partial charge in [0.1, 0.15) is 11.0 Å². The van der Waals surface area contributed by atoms with Gasteiger partial charge in [-0.3, -0.25) is 9.31 Å². The fourth-order valence-electron chi connectivity index (χ4n) is 1.90. The van der Waals surface area contributed by atoms with Crippen molar-refractivity contribution in [3.63, 3.8) is 0 Å². The molecule has 2 aromatic heterocycles. The van der Waals surface area contributed by atoms with Gasteiger partial charge in [0.15, 0.2) is 11.0 Å². The molecule has 7 nitrogen and oxygen atoms in total. The second kappa shape index (κ2) is 5.86. The van der Waals surface area contributed by atoms with Gasteiger partial charge in [-0.25, -0.2) is 14.7 Å². The number of hydrogen-bond acceptors (Lipinski definition) is 5. The summed E-state index contributed by atoms with van der Waals surface area (Å²) < 4.78 is 23.4. The summed E-state index contributed by atoms with van der Waals surface area (Å²) in [5.41, 5.74) is 2.74. The maximum absolute atomic E-state index is 10.5. The van der Waals surface area contributed by atoms with E-state index in [9.17, 15) is 8.76 Å². The van der Waals surface area contributed by atoms with Crippen LogP contribution in [0.5, 0.6) is 0 Å². The molecule has 0 radical (unpaired) electrons. The Morgan fingerprint density at radius 2 is 2.24 bits per heavy atom. The maximum atomic E-state index is 10.5. The third-order valence-corrected chi connectivity index (χ3v) is 3.49. The minimum absolute atomic E-state index is 0.200. The summed E-state index contributed by atoms with van der Waals surface area (Å²) in [4.78, 5) is 8.59. The average molecular weight is 323 g/mol. The summed E-state index contributed by atoms with van der Waals surface area (Å²) in [7, 11) is 0. The predicted octanol–water partition coefficient (Wildman–Crippen LogP) is 1.56. The zero-order valence-corrected chi connectivity index (χ0v) is 12.1. The second-order valence-electron chi connectivity index (χ2n) is 4.22. The van der Waals surface area contributed by atoms with Crippen LogP contribution in [0.2, 0.25) is 5.15 Å². The Balaban J connectivity index is 1.98. The van der Waals surface area contributed by atoms with E-state index in [1.54, 1.807) is 24.4 Å². The predicted molar refractivity (Wildman–Crippen MR) is 77.9 cm³/mol. The maximum Gasteiger partial charge on any atom is 0.161 e. The molecule has 0 aliphatic carbocycles. The molecule has 3 rings (SSSR count). The lowest BCUT2D eigenvalue weighted by molar-refractivity contribution is 0.522. The van der Waals surface area contributed by atoms with Crippen LogP contribution in [0.4, 0.5) is 0 Å². The normalized spacial score (nSPS) is 12.7. The number of hydrogen-bond donors (Lipinski definition) is 2. The smallest absolute Gasteiger partial charge is 0.161 e. The van der Waals surface area contributed by atoms with Crippen molar-refractivity contribution in [2.45, 2.75) is 6.54 Å². The van der Waals surface area contributed by atoms with E-state index in [-0.39, 0.29) is 11.7 Å². The number of aromatic nitrogens is 4. The molecule has 0 spiro atoms. The molecule has 0 fully saturated rings.